The molecule has 6 nitrogen and oxygen atoms in total. The highest BCUT2D eigenvalue weighted by molar-refractivity contribution is 5.84. The minimum atomic E-state index is -0.494. The third-order valence-corrected chi connectivity index (χ3v) is 4.08. The summed E-state index contributed by atoms with van der Waals surface area (Å²) < 4.78 is 0. The van der Waals surface area contributed by atoms with E-state index in [9.17, 15) is 14.9 Å². The van der Waals surface area contributed by atoms with Crippen LogP contribution in [0.3, 0.4) is 0 Å². The first-order valence-electron chi connectivity index (χ1n) is 6.97. The molecule has 0 saturated heterocycles. The summed E-state index contributed by atoms with van der Waals surface area (Å²) in [5.41, 5.74) is 5.86. The highest BCUT2D eigenvalue weighted by atomic mass is 16.6. The Morgan fingerprint density at radius 1 is 1.43 bits per heavy atom. The fourth-order valence-corrected chi connectivity index (χ4v) is 1.88. The van der Waals surface area contributed by atoms with Crippen molar-refractivity contribution in [2.75, 3.05) is 6.54 Å². The summed E-state index contributed by atoms with van der Waals surface area (Å²) in [7, 11) is 0. The van der Waals surface area contributed by atoms with E-state index in [4.69, 9.17) is 5.73 Å². The van der Waals surface area contributed by atoms with Crippen LogP contribution >= 0.6 is 0 Å². The lowest BCUT2D eigenvalue weighted by Crippen LogP contribution is -2.55. The number of non-ortho nitro benzene ring substituents is 1. The quantitative estimate of drug-likeness (QED) is 0.620. The summed E-state index contributed by atoms with van der Waals surface area (Å²) in [4.78, 5) is 22.7. The first-order chi connectivity index (χ1) is 9.71. The van der Waals surface area contributed by atoms with Crippen molar-refractivity contribution in [1.29, 1.82) is 0 Å². The molecule has 3 N–H and O–H groups in total. The van der Waals surface area contributed by atoms with Crippen LogP contribution in [0.5, 0.6) is 0 Å². The Kier molecular flexibility index (Phi) is 5.43. The fraction of sp³-hybridized carbons (Fsp3) is 0.533. The van der Waals surface area contributed by atoms with E-state index in [1.54, 1.807) is 19.1 Å². The number of hydrogen-bond acceptors (Lipinski definition) is 4. The lowest BCUT2D eigenvalue weighted by Gasteiger charge is -2.34. The molecule has 2 unspecified atom stereocenters. The Hall–Kier alpha value is -1.95. The first kappa shape index (κ1) is 17.1. The Morgan fingerprint density at radius 3 is 2.52 bits per heavy atom. The number of hydrogen-bond donors (Lipinski definition) is 2. The molecule has 1 aromatic carbocycles. The normalized spacial score (nSPS) is 15.3. The number of nitrogens with one attached hydrogen (secondary N) is 1. The third kappa shape index (κ3) is 4.01. The number of rotatable bonds is 6. The molecule has 116 valence electrons. The van der Waals surface area contributed by atoms with Gasteiger partial charge in [-0.15, -0.1) is 0 Å². The van der Waals surface area contributed by atoms with Crippen molar-refractivity contribution in [3.05, 3.63) is 39.9 Å². The molecule has 0 spiro atoms. The lowest BCUT2D eigenvalue weighted by molar-refractivity contribution is -0.384. The molecule has 2 atom stereocenters. The van der Waals surface area contributed by atoms with Crippen LogP contribution in [0.4, 0.5) is 5.69 Å². The second-order valence-corrected chi connectivity index (χ2v) is 5.84. The van der Waals surface area contributed by atoms with E-state index in [-0.39, 0.29) is 17.5 Å². The summed E-state index contributed by atoms with van der Waals surface area (Å²) in [6, 6.07) is 6.14. The van der Waals surface area contributed by atoms with Crippen LogP contribution in [0, 0.1) is 16.0 Å². The maximum Gasteiger partial charge on any atom is 0.269 e. The number of nitrogens with two attached hydrogens (primary N) is 1. The van der Waals surface area contributed by atoms with E-state index in [0.717, 1.165) is 0 Å². The van der Waals surface area contributed by atoms with Gasteiger partial charge in [-0.05, 0) is 25.3 Å². The van der Waals surface area contributed by atoms with Gasteiger partial charge in [0, 0.05) is 18.7 Å². The molecular formula is C15H23N3O3. The van der Waals surface area contributed by atoms with Gasteiger partial charge >= 0.3 is 0 Å². The monoisotopic (exact) mass is 293 g/mol. The summed E-state index contributed by atoms with van der Waals surface area (Å²) in [6.45, 7) is 7.94. The topological polar surface area (TPSA) is 98.3 Å². The van der Waals surface area contributed by atoms with Crippen molar-refractivity contribution in [2.24, 2.45) is 11.7 Å². The van der Waals surface area contributed by atoms with Crippen molar-refractivity contribution < 1.29 is 9.72 Å². The molecule has 0 aliphatic carbocycles. The van der Waals surface area contributed by atoms with Gasteiger partial charge in [-0.25, -0.2) is 0 Å². The zero-order valence-corrected chi connectivity index (χ0v) is 12.9. The maximum atomic E-state index is 12.4. The Labute approximate surface area is 124 Å². The number of benzene rings is 1. The molecule has 0 fully saturated rings. The van der Waals surface area contributed by atoms with E-state index in [2.05, 4.69) is 5.32 Å². The second-order valence-electron chi connectivity index (χ2n) is 5.84. The van der Waals surface area contributed by atoms with Crippen LogP contribution in [-0.2, 0) is 4.79 Å². The highest BCUT2D eigenvalue weighted by Gasteiger charge is 2.30. The molecular weight excluding hydrogens is 270 g/mol. The molecule has 0 bridgehead atoms. The second kappa shape index (κ2) is 6.67. The van der Waals surface area contributed by atoms with Gasteiger partial charge in [0.05, 0.1) is 16.4 Å². The van der Waals surface area contributed by atoms with Crippen LogP contribution in [0.15, 0.2) is 24.3 Å². The minimum absolute atomic E-state index is 0.0161. The average molecular weight is 293 g/mol. The molecule has 0 heterocycles. The predicted octanol–water partition coefficient (Wildman–Crippen LogP) is 2.19. The molecule has 0 aliphatic heterocycles. The van der Waals surface area contributed by atoms with Gasteiger partial charge in [-0.2, -0.15) is 0 Å². The SMILES string of the molecule is CC(C(=O)NC(C)(CN)C(C)C)c1cccc([N+](=O)[O-])c1. The Morgan fingerprint density at radius 2 is 2.05 bits per heavy atom. The van der Waals surface area contributed by atoms with E-state index < -0.39 is 16.4 Å². The summed E-state index contributed by atoms with van der Waals surface area (Å²) in [5, 5.41) is 13.8. The smallest absolute Gasteiger partial charge is 0.269 e. The summed E-state index contributed by atoms with van der Waals surface area (Å²) >= 11 is 0. The first-order valence-corrected chi connectivity index (χ1v) is 6.97. The van der Waals surface area contributed by atoms with E-state index in [1.165, 1.54) is 12.1 Å². The lowest BCUT2D eigenvalue weighted by atomic mass is 9.87. The minimum Gasteiger partial charge on any atom is -0.349 e. The Balaban J connectivity index is 2.93. The van der Waals surface area contributed by atoms with E-state index in [1.807, 2.05) is 20.8 Å². The van der Waals surface area contributed by atoms with Gasteiger partial charge in [0.15, 0.2) is 0 Å². The zero-order chi connectivity index (χ0) is 16.2. The number of nitrogens with zero attached hydrogens (tertiary/aromatic N) is 1. The molecule has 0 aliphatic rings. The Bertz CT molecular complexity index is 531. The molecule has 1 rings (SSSR count). The number of nitro groups is 1. The zero-order valence-electron chi connectivity index (χ0n) is 12.9. The molecule has 1 aromatic rings. The van der Waals surface area contributed by atoms with Crippen LogP contribution in [0.1, 0.15) is 39.2 Å². The molecule has 6 heteroatoms. The van der Waals surface area contributed by atoms with Crippen LogP contribution in [0.2, 0.25) is 0 Å². The van der Waals surface area contributed by atoms with Gasteiger partial charge < -0.3 is 11.1 Å². The van der Waals surface area contributed by atoms with Gasteiger partial charge in [-0.1, -0.05) is 26.0 Å². The van der Waals surface area contributed by atoms with Crippen molar-refractivity contribution in [2.45, 2.75) is 39.2 Å². The fourth-order valence-electron chi connectivity index (χ4n) is 1.88. The van der Waals surface area contributed by atoms with E-state index >= 15 is 0 Å². The number of carbonyl (C=O) groups is 1. The summed E-state index contributed by atoms with van der Waals surface area (Å²) in [5.74, 6) is -0.476. The van der Waals surface area contributed by atoms with Crippen LogP contribution in [-0.4, -0.2) is 22.9 Å². The van der Waals surface area contributed by atoms with Crippen molar-refractivity contribution in [3.63, 3.8) is 0 Å². The average Bonchev–Trinajstić information content (AvgIpc) is 2.46. The van der Waals surface area contributed by atoms with Gasteiger partial charge in [0.1, 0.15) is 0 Å². The summed E-state index contributed by atoms with van der Waals surface area (Å²) in [6.07, 6.45) is 0. The van der Waals surface area contributed by atoms with Crippen molar-refractivity contribution in [3.8, 4) is 0 Å². The maximum absolute atomic E-state index is 12.4. The van der Waals surface area contributed by atoms with Gasteiger partial charge in [-0.3, -0.25) is 14.9 Å². The number of carbonyl (C=O) groups excluding carboxylic acids is 1. The van der Waals surface area contributed by atoms with Crippen molar-refractivity contribution >= 4 is 11.6 Å². The molecule has 1 amide bonds. The number of nitro benzene ring substituents is 1. The number of amides is 1. The van der Waals surface area contributed by atoms with E-state index in [0.29, 0.717) is 12.1 Å². The predicted molar refractivity (Wildman–Crippen MR) is 82.0 cm³/mol. The molecule has 21 heavy (non-hydrogen) atoms. The van der Waals surface area contributed by atoms with Crippen molar-refractivity contribution in [1.82, 2.24) is 5.32 Å². The van der Waals surface area contributed by atoms with Gasteiger partial charge in [0.2, 0.25) is 5.91 Å². The van der Waals surface area contributed by atoms with Crippen LogP contribution < -0.4 is 11.1 Å². The molecule has 0 aromatic heterocycles. The highest BCUT2D eigenvalue weighted by Crippen LogP contribution is 2.23. The molecule has 0 radical (unpaired) electrons. The van der Waals surface area contributed by atoms with Gasteiger partial charge in [0.25, 0.3) is 5.69 Å². The largest absolute Gasteiger partial charge is 0.349 e. The standard InChI is InChI=1S/C15H23N3O3/c1-10(2)15(4,9-16)17-14(19)11(3)12-6-5-7-13(8-12)18(20)21/h5-8,10-11H,9,16H2,1-4H3,(H,17,19). The molecule has 0 saturated carbocycles. The van der Waals surface area contributed by atoms with Crippen LogP contribution in [0.25, 0.3) is 0 Å². The third-order valence-electron chi connectivity index (χ3n) is 4.08.